The van der Waals surface area contributed by atoms with E-state index >= 15 is 0 Å². The Kier molecular flexibility index (Phi) is 18.8. The van der Waals surface area contributed by atoms with Crippen molar-refractivity contribution >= 4 is 23.9 Å². The Morgan fingerprint density at radius 3 is 0.829 bits per heavy atom. The molecule has 41 heavy (non-hydrogen) atoms. The smallest absolute Gasteiger partial charge is 0.306 e. The van der Waals surface area contributed by atoms with Gasteiger partial charge in [-0.2, -0.15) is 0 Å². The van der Waals surface area contributed by atoms with Crippen molar-refractivity contribution in [3.8, 4) is 0 Å². The topological polar surface area (TPSA) is 114 Å². The van der Waals surface area contributed by atoms with E-state index < -0.39 is 10.8 Å². The highest BCUT2D eigenvalue weighted by Gasteiger charge is 2.37. The Morgan fingerprint density at radius 2 is 0.659 bits per heavy atom. The maximum Gasteiger partial charge on any atom is 0.306 e. The molecule has 0 fully saturated rings. The third-order valence-electron chi connectivity index (χ3n) is 6.77. The molecule has 0 spiro atoms. The van der Waals surface area contributed by atoms with E-state index in [0.29, 0.717) is 12.8 Å². The van der Waals surface area contributed by atoms with Crippen molar-refractivity contribution in [1.82, 2.24) is 0 Å². The van der Waals surface area contributed by atoms with Gasteiger partial charge in [0.25, 0.3) is 0 Å². The minimum absolute atomic E-state index is 0.0376. The lowest BCUT2D eigenvalue weighted by Crippen LogP contribution is -2.42. The van der Waals surface area contributed by atoms with E-state index in [9.17, 15) is 19.2 Å². The summed E-state index contributed by atoms with van der Waals surface area (Å²) in [7, 11) is 0. The van der Waals surface area contributed by atoms with Crippen LogP contribution in [0.3, 0.4) is 0 Å². The SMILES string of the molecule is CCC(COCC(CC)(COC(=O)CC(C)C)COC(=O)CC(C)C)(COC(=O)CC(C)C)COC(=O)CC(C)C. The Morgan fingerprint density at radius 1 is 0.439 bits per heavy atom. The molecule has 240 valence electrons. The average Bonchev–Trinajstić information content (AvgIpc) is 2.85. The predicted molar refractivity (Wildman–Crippen MR) is 158 cm³/mol. The first-order valence-corrected chi connectivity index (χ1v) is 15.3. The molecule has 0 aromatic heterocycles. The second-order valence-electron chi connectivity index (χ2n) is 13.2. The van der Waals surface area contributed by atoms with E-state index in [2.05, 4.69) is 0 Å². The zero-order chi connectivity index (χ0) is 31.6. The molecule has 0 aliphatic carbocycles. The number of rotatable bonds is 22. The quantitative estimate of drug-likeness (QED) is 0.109. The number of esters is 4. The first-order valence-electron chi connectivity index (χ1n) is 15.3. The summed E-state index contributed by atoms with van der Waals surface area (Å²) in [6.07, 6.45) is 2.21. The predicted octanol–water partition coefficient (Wildman–Crippen LogP) is 6.15. The van der Waals surface area contributed by atoms with Crippen LogP contribution in [0, 0.1) is 34.5 Å². The lowest BCUT2D eigenvalue weighted by Gasteiger charge is -2.35. The summed E-state index contributed by atoms with van der Waals surface area (Å²) in [5, 5.41) is 0. The van der Waals surface area contributed by atoms with Gasteiger partial charge in [0.15, 0.2) is 0 Å². The highest BCUT2D eigenvalue weighted by atomic mass is 16.6. The average molecular weight is 587 g/mol. The third kappa shape index (κ3) is 18.1. The van der Waals surface area contributed by atoms with Gasteiger partial charge in [0.1, 0.15) is 26.4 Å². The van der Waals surface area contributed by atoms with Crippen molar-refractivity contribution < 1.29 is 42.9 Å². The van der Waals surface area contributed by atoms with Gasteiger partial charge in [-0.15, -0.1) is 0 Å². The maximum absolute atomic E-state index is 12.4. The lowest BCUT2D eigenvalue weighted by atomic mass is 9.86. The van der Waals surface area contributed by atoms with E-state index in [4.69, 9.17) is 23.7 Å². The van der Waals surface area contributed by atoms with Crippen LogP contribution in [0.4, 0.5) is 0 Å². The van der Waals surface area contributed by atoms with Crippen molar-refractivity contribution in [2.75, 3.05) is 39.6 Å². The van der Waals surface area contributed by atoms with Gasteiger partial charge in [-0.25, -0.2) is 0 Å². The Labute approximate surface area is 248 Å². The van der Waals surface area contributed by atoms with Crippen LogP contribution in [0.1, 0.15) is 108 Å². The Balaban J connectivity index is 5.74. The molecule has 0 amide bonds. The fourth-order valence-corrected chi connectivity index (χ4v) is 3.85. The molecule has 0 unspecified atom stereocenters. The van der Waals surface area contributed by atoms with Gasteiger partial charge in [0, 0.05) is 25.7 Å². The minimum Gasteiger partial charge on any atom is -0.465 e. The summed E-state index contributed by atoms with van der Waals surface area (Å²) in [5.41, 5.74) is -1.53. The summed E-state index contributed by atoms with van der Waals surface area (Å²) in [5.74, 6) is -0.652. The Hall–Kier alpha value is -2.16. The fourth-order valence-electron chi connectivity index (χ4n) is 3.85. The fraction of sp³-hybridized carbons (Fsp3) is 0.875. The molecule has 0 rings (SSSR count). The molecule has 0 saturated carbocycles. The summed E-state index contributed by atoms with van der Waals surface area (Å²) in [6, 6.07) is 0. The van der Waals surface area contributed by atoms with Crippen LogP contribution in [0.25, 0.3) is 0 Å². The molecule has 0 atom stereocenters. The Bertz CT molecular complexity index is 670. The summed E-state index contributed by atoms with van der Waals surface area (Å²) >= 11 is 0. The minimum atomic E-state index is -0.763. The molecule has 0 heterocycles. The molecule has 0 aliphatic rings. The summed E-state index contributed by atoms with van der Waals surface area (Å²) < 4.78 is 28.7. The molecular formula is C32H58O9. The zero-order valence-electron chi connectivity index (χ0n) is 27.5. The monoisotopic (exact) mass is 586 g/mol. The van der Waals surface area contributed by atoms with Gasteiger partial charge < -0.3 is 23.7 Å². The maximum atomic E-state index is 12.4. The standard InChI is InChI=1S/C32H58O9/c1-11-31(19-38-27(33)13-23(3)4,20-39-28(34)14-24(5)6)17-37-18-32(12-2,21-40-29(35)15-25(7)8)22-41-30(36)16-26(9)10/h23-26H,11-22H2,1-10H3. The number of hydrogen-bond acceptors (Lipinski definition) is 9. The van der Waals surface area contributed by atoms with E-state index in [-0.39, 0.29) is 113 Å². The lowest BCUT2D eigenvalue weighted by molar-refractivity contribution is -0.164. The van der Waals surface area contributed by atoms with Gasteiger partial charge in [0.05, 0.1) is 24.0 Å². The van der Waals surface area contributed by atoms with Crippen LogP contribution in [0.15, 0.2) is 0 Å². The van der Waals surface area contributed by atoms with E-state index in [1.165, 1.54) is 0 Å². The number of carbonyl (C=O) groups excluding carboxylic acids is 4. The van der Waals surface area contributed by atoms with Crippen molar-refractivity contribution in [2.45, 2.75) is 108 Å². The molecular weight excluding hydrogens is 528 g/mol. The molecule has 0 radical (unpaired) electrons. The number of hydrogen-bond donors (Lipinski definition) is 0. The second-order valence-corrected chi connectivity index (χ2v) is 13.2. The normalized spacial score (nSPS) is 12.2. The zero-order valence-corrected chi connectivity index (χ0v) is 27.5. The molecule has 9 heteroatoms. The van der Waals surface area contributed by atoms with E-state index in [1.807, 2.05) is 69.2 Å². The molecule has 9 nitrogen and oxygen atoms in total. The van der Waals surface area contributed by atoms with Crippen LogP contribution >= 0.6 is 0 Å². The van der Waals surface area contributed by atoms with Crippen LogP contribution in [-0.4, -0.2) is 63.5 Å². The van der Waals surface area contributed by atoms with Crippen LogP contribution in [-0.2, 0) is 42.9 Å². The molecule has 0 saturated heterocycles. The van der Waals surface area contributed by atoms with Gasteiger partial charge in [-0.3, -0.25) is 19.2 Å². The van der Waals surface area contributed by atoms with Gasteiger partial charge in [-0.1, -0.05) is 69.2 Å². The first kappa shape index (κ1) is 38.8. The number of carbonyl (C=O) groups is 4. The molecule has 0 N–H and O–H groups in total. The molecule has 0 aromatic rings. The largest absolute Gasteiger partial charge is 0.465 e. The van der Waals surface area contributed by atoms with Gasteiger partial charge in [-0.05, 0) is 36.5 Å². The van der Waals surface area contributed by atoms with Crippen LogP contribution < -0.4 is 0 Å². The van der Waals surface area contributed by atoms with Crippen molar-refractivity contribution in [3.63, 3.8) is 0 Å². The third-order valence-corrected chi connectivity index (χ3v) is 6.77. The number of ether oxygens (including phenoxy) is 5. The van der Waals surface area contributed by atoms with E-state index in [1.54, 1.807) is 0 Å². The first-order chi connectivity index (χ1) is 19.1. The highest BCUT2D eigenvalue weighted by Crippen LogP contribution is 2.29. The second kappa shape index (κ2) is 19.9. The van der Waals surface area contributed by atoms with Crippen molar-refractivity contribution in [1.29, 1.82) is 0 Å². The molecule has 0 aliphatic heterocycles. The van der Waals surface area contributed by atoms with Crippen LogP contribution in [0.2, 0.25) is 0 Å². The van der Waals surface area contributed by atoms with E-state index in [0.717, 1.165) is 0 Å². The van der Waals surface area contributed by atoms with Gasteiger partial charge >= 0.3 is 23.9 Å². The van der Waals surface area contributed by atoms with Crippen molar-refractivity contribution in [3.05, 3.63) is 0 Å². The summed E-state index contributed by atoms with van der Waals surface area (Å²) in [6.45, 7) is 19.8. The van der Waals surface area contributed by atoms with Gasteiger partial charge in [0.2, 0.25) is 0 Å². The molecule has 0 aromatic carbocycles. The summed E-state index contributed by atoms with van der Waals surface area (Å²) in [4.78, 5) is 49.4. The molecule has 0 bridgehead atoms. The van der Waals surface area contributed by atoms with Crippen LogP contribution in [0.5, 0.6) is 0 Å². The highest BCUT2D eigenvalue weighted by molar-refractivity contribution is 5.71. The van der Waals surface area contributed by atoms with Crippen molar-refractivity contribution in [2.24, 2.45) is 34.5 Å².